The molecule has 4 rings (SSSR count). The molecule has 2 radical (unpaired) electrons. The zero-order chi connectivity index (χ0) is 20.2. The molecule has 1 N–H and O–H groups in total. The molecule has 0 fully saturated rings. The second-order valence-corrected chi connectivity index (χ2v) is 7.20. The molecule has 0 amide bonds. The van der Waals surface area contributed by atoms with Crippen molar-refractivity contribution in [2.75, 3.05) is 13.2 Å². The van der Waals surface area contributed by atoms with E-state index in [0.29, 0.717) is 17.6 Å². The first-order valence-corrected chi connectivity index (χ1v) is 9.93. The van der Waals surface area contributed by atoms with Gasteiger partial charge in [-0.1, -0.05) is 84.3 Å². The molecule has 3 nitrogen and oxygen atoms in total. The van der Waals surface area contributed by atoms with E-state index in [0.717, 1.165) is 12.1 Å². The van der Waals surface area contributed by atoms with E-state index < -0.39 is 6.29 Å². The summed E-state index contributed by atoms with van der Waals surface area (Å²) in [5.41, 5.74) is 6.05. The van der Waals surface area contributed by atoms with Crippen molar-refractivity contribution in [3.05, 3.63) is 107 Å². The standard InChI is InChI=1S/C25H24BNO2/c1-2-29-25(28)20-13-14-22(23(26)15-20)21-16-27(17-21)24(18-9-5-3-6-10-18)19-11-7-4-8-12-19/h3-16,24-25,28H,2,17H2,1H3. The van der Waals surface area contributed by atoms with E-state index in [9.17, 15) is 5.11 Å². The van der Waals surface area contributed by atoms with Crippen LogP contribution in [-0.2, 0) is 4.74 Å². The van der Waals surface area contributed by atoms with Gasteiger partial charge in [0.25, 0.3) is 0 Å². The van der Waals surface area contributed by atoms with Gasteiger partial charge in [-0.25, -0.2) is 0 Å². The van der Waals surface area contributed by atoms with E-state index in [1.54, 1.807) is 6.07 Å². The van der Waals surface area contributed by atoms with Gasteiger partial charge < -0.3 is 14.7 Å². The number of rotatable bonds is 7. The van der Waals surface area contributed by atoms with Crippen molar-refractivity contribution in [1.29, 1.82) is 0 Å². The minimum absolute atomic E-state index is 0.168. The van der Waals surface area contributed by atoms with Gasteiger partial charge in [0.2, 0.25) is 0 Å². The van der Waals surface area contributed by atoms with Crippen molar-refractivity contribution in [3.8, 4) is 0 Å². The van der Waals surface area contributed by atoms with Crippen LogP contribution >= 0.6 is 0 Å². The monoisotopic (exact) mass is 381 g/mol. The number of hydrogen-bond acceptors (Lipinski definition) is 3. The fraction of sp³-hybridized carbons (Fsp3) is 0.200. The average molecular weight is 381 g/mol. The molecule has 29 heavy (non-hydrogen) atoms. The van der Waals surface area contributed by atoms with Crippen LogP contribution < -0.4 is 5.46 Å². The largest absolute Gasteiger partial charge is 0.364 e. The molecule has 3 aromatic carbocycles. The van der Waals surface area contributed by atoms with Crippen LogP contribution in [0.15, 0.2) is 85.1 Å². The van der Waals surface area contributed by atoms with E-state index in [1.807, 2.05) is 31.2 Å². The van der Waals surface area contributed by atoms with E-state index in [-0.39, 0.29) is 6.04 Å². The van der Waals surface area contributed by atoms with Crippen molar-refractivity contribution in [2.45, 2.75) is 19.3 Å². The Bertz CT molecular complexity index is 949. The predicted molar refractivity (Wildman–Crippen MR) is 118 cm³/mol. The molecule has 0 bridgehead atoms. The maximum atomic E-state index is 10.0. The second-order valence-electron chi connectivity index (χ2n) is 7.20. The normalized spacial score (nSPS) is 14.4. The lowest BCUT2D eigenvalue weighted by Crippen LogP contribution is -2.35. The molecule has 0 aromatic heterocycles. The third-order valence-corrected chi connectivity index (χ3v) is 5.27. The zero-order valence-corrected chi connectivity index (χ0v) is 16.5. The summed E-state index contributed by atoms with van der Waals surface area (Å²) < 4.78 is 5.25. The van der Waals surface area contributed by atoms with Crippen molar-refractivity contribution >= 4 is 18.9 Å². The number of hydrogen-bond donors (Lipinski definition) is 1. The predicted octanol–water partition coefficient (Wildman–Crippen LogP) is 3.95. The van der Waals surface area contributed by atoms with Crippen LogP contribution in [0.4, 0.5) is 0 Å². The highest BCUT2D eigenvalue weighted by Crippen LogP contribution is 2.36. The van der Waals surface area contributed by atoms with Crippen LogP contribution in [0.1, 0.15) is 41.5 Å². The summed E-state index contributed by atoms with van der Waals surface area (Å²) in [4.78, 5) is 2.34. The van der Waals surface area contributed by atoms with Crippen LogP contribution in [-0.4, -0.2) is 31.0 Å². The number of aliphatic hydroxyl groups excluding tert-OH is 1. The molecule has 3 aromatic rings. The summed E-state index contributed by atoms with van der Waals surface area (Å²) in [6, 6.07) is 26.9. The quantitative estimate of drug-likeness (QED) is 0.497. The maximum absolute atomic E-state index is 10.0. The average Bonchev–Trinajstić information content (AvgIpc) is 2.72. The summed E-state index contributed by atoms with van der Waals surface area (Å²) in [5, 5.41) is 10.0. The summed E-state index contributed by atoms with van der Waals surface area (Å²) in [5.74, 6) is 0. The van der Waals surface area contributed by atoms with Gasteiger partial charge in [0.1, 0.15) is 7.85 Å². The molecule has 1 unspecified atom stereocenters. The molecule has 1 atom stereocenters. The first-order valence-electron chi connectivity index (χ1n) is 9.93. The zero-order valence-electron chi connectivity index (χ0n) is 16.5. The van der Waals surface area contributed by atoms with Gasteiger partial charge in [-0.2, -0.15) is 0 Å². The van der Waals surface area contributed by atoms with E-state index in [1.165, 1.54) is 16.7 Å². The lowest BCUT2D eigenvalue weighted by atomic mass is 9.83. The molecule has 0 spiro atoms. The van der Waals surface area contributed by atoms with E-state index >= 15 is 0 Å². The highest BCUT2D eigenvalue weighted by Gasteiger charge is 2.27. The Hall–Kier alpha value is -2.82. The maximum Gasteiger partial charge on any atom is 0.181 e. The van der Waals surface area contributed by atoms with Gasteiger partial charge in [-0.15, -0.1) is 0 Å². The van der Waals surface area contributed by atoms with E-state index in [4.69, 9.17) is 12.6 Å². The number of ether oxygens (including phenoxy) is 1. The molecule has 144 valence electrons. The highest BCUT2D eigenvalue weighted by atomic mass is 16.6. The SMILES string of the molecule is [B]c1cc(C(O)OCC)ccc1C1=CN(C(c2ccccc2)c2ccccc2)C1. The lowest BCUT2D eigenvalue weighted by molar-refractivity contribution is -0.0979. The molecule has 1 aliphatic heterocycles. The van der Waals surface area contributed by atoms with Gasteiger partial charge in [0.05, 0.1) is 6.04 Å². The van der Waals surface area contributed by atoms with Crippen molar-refractivity contribution in [2.24, 2.45) is 0 Å². The Balaban J connectivity index is 1.60. The first kappa shape index (κ1) is 19.5. The van der Waals surface area contributed by atoms with Crippen LogP contribution in [0.3, 0.4) is 0 Å². The van der Waals surface area contributed by atoms with E-state index in [2.05, 4.69) is 59.6 Å². The summed E-state index contributed by atoms with van der Waals surface area (Å²) >= 11 is 0. The Labute approximate surface area is 173 Å². The molecule has 1 heterocycles. The van der Waals surface area contributed by atoms with Crippen LogP contribution in [0.5, 0.6) is 0 Å². The van der Waals surface area contributed by atoms with Crippen molar-refractivity contribution in [3.63, 3.8) is 0 Å². The Morgan fingerprint density at radius 1 is 0.931 bits per heavy atom. The fourth-order valence-electron chi connectivity index (χ4n) is 3.82. The van der Waals surface area contributed by atoms with Gasteiger partial charge in [0, 0.05) is 24.9 Å². The minimum Gasteiger partial charge on any atom is -0.364 e. The number of nitrogens with zero attached hydrogens (tertiary/aromatic N) is 1. The molecule has 0 saturated carbocycles. The Morgan fingerprint density at radius 2 is 1.52 bits per heavy atom. The van der Waals surface area contributed by atoms with Crippen LogP contribution in [0.2, 0.25) is 0 Å². The summed E-state index contributed by atoms with van der Waals surface area (Å²) in [6.07, 6.45) is 1.23. The molecule has 0 aliphatic carbocycles. The highest BCUT2D eigenvalue weighted by molar-refractivity contribution is 6.34. The van der Waals surface area contributed by atoms with Gasteiger partial charge in [-0.3, -0.25) is 0 Å². The molecule has 0 saturated heterocycles. The lowest BCUT2D eigenvalue weighted by Gasteiger charge is -2.39. The molecular formula is C25H24BNO2. The Morgan fingerprint density at radius 3 is 2.03 bits per heavy atom. The minimum atomic E-state index is -0.941. The molecule has 4 heteroatoms. The third kappa shape index (κ3) is 4.14. The number of benzene rings is 3. The number of aliphatic hydroxyl groups is 1. The van der Waals surface area contributed by atoms with Gasteiger partial charge in [-0.05, 0) is 29.2 Å². The smallest absolute Gasteiger partial charge is 0.181 e. The topological polar surface area (TPSA) is 32.7 Å². The molecule has 1 aliphatic rings. The second kappa shape index (κ2) is 8.68. The summed E-state index contributed by atoms with van der Waals surface area (Å²) in [6.45, 7) is 3.11. The fourth-order valence-corrected chi connectivity index (χ4v) is 3.82. The van der Waals surface area contributed by atoms with Gasteiger partial charge in [0.15, 0.2) is 6.29 Å². The first-order chi connectivity index (χ1) is 14.2. The Kier molecular flexibility index (Phi) is 5.84. The third-order valence-electron chi connectivity index (χ3n) is 5.27. The van der Waals surface area contributed by atoms with Gasteiger partial charge >= 0.3 is 0 Å². The van der Waals surface area contributed by atoms with Crippen molar-refractivity contribution in [1.82, 2.24) is 4.90 Å². The summed E-state index contributed by atoms with van der Waals surface area (Å²) in [7, 11) is 6.28. The van der Waals surface area contributed by atoms with Crippen LogP contribution in [0, 0.1) is 0 Å². The van der Waals surface area contributed by atoms with Crippen molar-refractivity contribution < 1.29 is 9.84 Å². The van der Waals surface area contributed by atoms with Crippen LogP contribution in [0.25, 0.3) is 5.57 Å². The molecular weight excluding hydrogens is 357 g/mol.